The van der Waals surface area contributed by atoms with Crippen molar-refractivity contribution in [3.05, 3.63) is 59.4 Å². The Morgan fingerprint density at radius 2 is 1.64 bits per heavy atom. The zero-order valence-electron chi connectivity index (χ0n) is 15.4. The number of rotatable bonds is 3. The second-order valence-electron chi connectivity index (χ2n) is 6.17. The number of benzene rings is 1. The van der Waals surface area contributed by atoms with E-state index in [4.69, 9.17) is 10.1 Å². The van der Waals surface area contributed by atoms with Crippen molar-refractivity contribution in [2.75, 3.05) is 21.2 Å². The van der Waals surface area contributed by atoms with Gasteiger partial charge in [0.1, 0.15) is 5.65 Å². The van der Waals surface area contributed by atoms with Gasteiger partial charge in [-0.15, -0.1) is 0 Å². The first kappa shape index (κ1) is 18.7. The maximum Gasteiger partial charge on any atom is 0.228 e. The van der Waals surface area contributed by atoms with E-state index in [1.54, 1.807) is 19.0 Å². The van der Waals surface area contributed by atoms with Crippen molar-refractivity contribution >= 4 is 11.6 Å². The fourth-order valence-electron chi connectivity index (χ4n) is 2.61. The number of imidazole rings is 1. The van der Waals surface area contributed by atoms with Gasteiger partial charge in [-0.2, -0.15) is 0 Å². The third-order valence-corrected chi connectivity index (χ3v) is 4.01. The summed E-state index contributed by atoms with van der Waals surface area (Å²) in [6, 6.07) is 12.3. The summed E-state index contributed by atoms with van der Waals surface area (Å²) < 4.78 is 2.03. The molecule has 1 amide bonds. The highest BCUT2D eigenvalue weighted by Crippen LogP contribution is 2.26. The van der Waals surface area contributed by atoms with Crippen LogP contribution in [0, 0.1) is 13.8 Å². The molecule has 0 fully saturated rings. The zero-order valence-corrected chi connectivity index (χ0v) is 15.4. The largest absolute Gasteiger partial charge is 0.400 e. The van der Waals surface area contributed by atoms with Crippen molar-refractivity contribution in [3.63, 3.8) is 0 Å². The van der Waals surface area contributed by atoms with Crippen LogP contribution in [0.2, 0.25) is 0 Å². The molecule has 0 atom stereocenters. The van der Waals surface area contributed by atoms with Crippen LogP contribution in [0.5, 0.6) is 0 Å². The summed E-state index contributed by atoms with van der Waals surface area (Å²) in [7, 11) is 4.56. The molecular formula is C20H25N3O2. The van der Waals surface area contributed by atoms with Crippen molar-refractivity contribution in [1.29, 1.82) is 0 Å². The summed E-state index contributed by atoms with van der Waals surface area (Å²) in [6.45, 7) is 4.11. The van der Waals surface area contributed by atoms with Crippen LogP contribution in [0.3, 0.4) is 0 Å². The number of aliphatic hydroxyl groups is 1. The van der Waals surface area contributed by atoms with Gasteiger partial charge in [0.15, 0.2) is 0 Å². The van der Waals surface area contributed by atoms with Crippen LogP contribution in [0.4, 0.5) is 0 Å². The fourth-order valence-corrected chi connectivity index (χ4v) is 2.61. The van der Waals surface area contributed by atoms with E-state index in [0.717, 1.165) is 35.3 Å². The number of pyridine rings is 1. The van der Waals surface area contributed by atoms with Crippen LogP contribution in [0.1, 0.15) is 16.8 Å². The number of hydrogen-bond acceptors (Lipinski definition) is 3. The van der Waals surface area contributed by atoms with Gasteiger partial charge < -0.3 is 14.4 Å². The zero-order chi connectivity index (χ0) is 18.6. The highest BCUT2D eigenvalue weighted by Gasteiger charge is 2.18. The lowest BCUT2D eigenvalue weighted by atomic mass is 10.1. The minimum Gasteiger partial charge on any atom is -0.400 e. The second-order valence-corrected chi connectivity index (χ2v) is 6.17. The minimum atomic E-state index is 0.0710. The van der Waals surface area contributed by atoms with E-state index in [-0.39, 0.29) is 5.91 Å². The lowest BCUT2D eigenvalue weighted by Crippen LogP contribution is -2.24. The first-order chi connectivity index (χ1) is 12.0. The number of likely N-dealkylation sites (N-methyl/N-ethyl adjacent to an activating group) is 1. The molecule has 0 saturated carbocycles. The Morgan fingerprint density at radius 1 is 1.04 bits per heavy atom. The van der Waals surface area contributed by atoms with Gasteiger partial charge >= 0.3 is 0 Å². The van der Waals surface area contributed by atoms with E-state index < -0.39 is 0 Å². The van der Waals surface area contributed by atoms with Crippen molar-refractivity contribution in [3.8, 4) is 11.3 Å². The van der Waals surface area contributed by atoms with E-state index in [0.29, 0.717) is 6.42 Å². The number of amides is 1. The lowest BCUT2D eigenvalue weighted by molar-refractivity contribution is -0.128. The van der Waals surface area contributed by atoms with E-state index in [9.17, 15) is 4.79 Å². The summed E-state index contributed by atoms with van der Waals surface area (Å²) in [5.74, 6) is 0.0710. The van der Waals surface area contributed by atoms with Crippen LogP contribution in [0.15, 0.2) is 42.6 Å². The summed E-state index contributed by atoms with van der Waals surface area (Å²) in [4.78, 5) is 18.6. The molecule has 0 saturated heterocycles. The molecule has 0 aliphatic rings. The van der Waals surface area contributed by atoms with Gasteiger partial charge in [0.2, 0.25) is 5.91 Å². The Labute approximate surface area is 148 Å². The van der Waals surface area contributed by atoms with Crippen molar-refractivity contribution in [1.82, 2.24) is 14.3 Å². The van der Waals surface area contributed by atoms with Crippen LogP contribution >= 0.6 is 0 Å². The molecule has 0 spiro atoms. The molecule has 3 aromatic rings. The van der Waals surface area contributed by atoms with E-state index in [1.807, 2.05) is 29.7 Å². The molecule has 0 aliphatic carbocycles. The molecule has 3 rings (SSSR count). The quantitative estimate of drug-likeness (QED) is 0.798. The summed E-state index contributed by atoms with van der Waals surface area (Å²) in [5.41, 5.74) is 6.08. The number of aromatic nitrogens is 2. The number of carbonyl (C=O) groups excluding carboxylic acids is 1. The molecule has 25 heavy (non-hydrogen) atoms. The van der Waals surface area contributed by atoms with Crippen LogP contribution in [-0.4, -0.2) is 46.5 Å². The average Bonchev–Trinajstić information content (AvgIpc) is 2.95. The van der Waals surface area contributed by atoms with Crippen LogP contribution in [0.25, 0.3) is 16.9 Å². The normalized spacial score (nSPS) is 10.3. The third kappa shape index (κ3) is 4.06. The summed E-state index contributed by atoms with van der Waals surface area (Å²) >= 11 is 0. The highest BCUT2D eigenvalue weighted by molar-refractivity contribution is 5.81. The number of nitrogens with zero attached hydrogens (tertiary/aromatic N) is 3. The van der Waals surface area contributed by atoms with E-state index in [2.05, 4.69) is 31.2 Å². The maximum atomic E-state index is 12.3. The SMILES string of the molecule is CO.Cc1ccc(-c2nc3ccc(C)cn3c2CC(=O)N(C)C)cc1. The Hall–Kier alpha value is -2.66. The predicted octanol–water partition coefficient (Wildman–Crippen LogP) is 2.86. The monoisotopic (exact) mass is 339 g/mol. The van der Waals surface area contributed by atoms with E-state index in [1.165, 1.54) is 5.56 Å². The van der Waals surface area contributed by atoms with Crippen molar-refractivity contribution in [2.24, 2.45) is 0 Å². The molecule has 1 N–H and O–H groups in total. The van der Waals surface area contributed by atoms with Gasteiger partial charge in [-0.05, 0) is 25.5 Å². The first-order valence-electron chi connectivity index (χ1n) is 8.15. The van der Waals surface area contributed by atoms with Gasteiger partial charge in [0.05, 0.1) is 17.8 Å². The Kier molecular flexibility index (Phi) is 5.93. The number of fused-ring (bicyclic) bond motifs is 1. The predicted molar refractivity (Wildman–Crippen MR) is 101 cm³/mol. The van der Waals surface area contributed by atoms with Crippen molar-refractivity contribution in [2.45, 2.75) is 20.3 Å². The minimum absolute atomic E-state index is 0.0710. The first-order valence-corrected chi connectivity index (χ1v) is 8.15. The Balaban J connectivity index is 0.00000109. The van der Waals surface area contributed by atoms with Crippen molar-refractivity contribution < 1.29 is 9.90 Å². The molecular weight excluding hydrogens is 314 g/mol. The third-order valence-electron chi connectivity index (χ3n) is 4.01. The summed E-state index contributed by atoms with van der Waals surface area (Å²) in [6.07, 6.45) is 2.37. The lowest BCUT2D eigenvalue weighted by Gasteiger charge is -2.11. The number of aliphatic hydroxyl groups excluding tert-OH is 1. The van der Waals surface area contributed by atoms with Gasteiger partial charge in [0, 0.05) is 33.0 Å². The average molecular weight is 339 g/mol. The topological polar surface area (TPSA) is 57.8 Å². The molecule has 0 bridgehead atoms. The molecule has 5 nitrogen and oxygen atoms in total. The van der Waals surface area contributed by atoms with Gasteiger partial charge in [-0.25, -0.2) is 4.98 Å². The molecule has 2 heterocycles. The fraction of sp³-hybridized carbons (Fsp3) is 0.300. The van der Waals surface area contributed by atoms with Gasteiger partial charge in [-0.3, -0.25) is 4.79 Å². The molecule has 0 aliphatic heterocycles. The summed E-state index contributed by atoms with van der Waals surface area (Å²) in [5, 5.41) is 7.00. The second kappa shape index (κ2) is 7.94. The molecule has 132 valence electrons. The smallest absolute Gasteiger partial charge is 0.228 e. The highest BCUT2D eigenvalue weighted by atomic mass is 16.2. The number of aryl methyl sites for hydroxylation is 2. The Morgan fingerprint density at radius 3 is 2.24 bits per heavy atom. The standard InChI is InChI=1S/C19H21N3O.CH4O/c1-13-5-8-15(9-6-13)19-16(11-18(23)21(3)4)22-12-14(2)7-10-17(22)20-19;1-2/h5-10,12H,11H2,1-4H3;2H,1H3. The molecule has 0 unspecified atom stereocenters. The van der Waals surface area contributed by atoms with E-state index >= 15 is 0 Å². The number of hydrogen-bond donors (Lipinski definition) is 1. The number of carbonyl (C=O) groups is 1. The maximum absolute atomic E-state index is 12.3. The van der Waals surface area contributed by atoms with Gasteiger partial charge in [-0.1, -0.05) is 35.9 Å². The molecule has 0 radical (unpaired) electrons. The molecule has 2 aromatic heterocycles. The Bertz CT molecular complexity index is 865. The van der Waals surface area contributed by atoms with Crippen LogP contribution < -0.4 is 0 Å². The van der Waals surface area contributed by atoms with Crippen LogP contribution in [-0.2, 0) is 11.2 Å². The molecule has 5 heteroatoms. The van der Waals surface area contributed by atoms with Gasteiger partial charge in [0.25, 0.3) is 0 Å². The molecule has 1 aromatic carbocycles.